The van der Waals surface area contributed by atoms with Gasteiger partial charge in [-0.25, -0.2) is 0 Å². The zero-order valence-electron chi connectivity index (χ0n) is 13.2. The summed E-state index contributed by atoms with van der Waals surface area (Å²) >= 11 is 5.97. The van der Waals surface area contributed by atoms with Crippen molar-refractivity contribution in [3.05, 3.63) is 64.7 Å². The highest BCUT2D eigenvalue weighted by Crippen LogP contribution is 2.24. The highest BCUT2D eigenvalue weighted by molar-refractivity contribution is 6.32. The number of ether oxygens (including phenoxy) is 1. The number of halogens is 1. The number of carbonyl (C=O) groups excluding carboxylic acids is 1. The van der Waals surface area contributed by atoms with Gasteiger partial charge in [-0.2, -0.15) is 0 Å². The summed E-state index contributed by atoms with van der Waals surface area (Å²) in [7, 11) is 0. The van der Waals surface area contributed by atoms with E-state index in [0.717, 1.165) is 5.56 Å². The summed E-state index contributed by atoms with van der Waals surface area (Å²) in [6.07, 6.45) is 0.994. The SMILES string of the molecule is CC(C)(C)c1ccc(CCC(=O)Oc2ccccc2Cl)cc1. The lowest BCUT2D eigenvalue weighted by molar-refractivity contribution is -0.134. The predicted molar refractivity (Wildman–Crippen MR) is 90.6 cm³/mol. The van der Waals surface area contributed by atoms with Gasteiger partial charge in [0, 0.05) is 6.42 Å². The van der Waals surface area contributed by atoms with E-state index in [-0.39, 0.29) is 11.4 Å². The minimum Gasteiger partial charge on any atom is -0.425 e. The molecule has 0 heterocycles. The number of para-hydroxylation sites is 1. The molecule has 3 heteroatoms. The molecule has 0 spiro atoms. The van der Waals surface area contributed by atoms with Gasteiger partial charge in [0.2, 0.25) is 0 Å². The summed E-state index contributed by atoms with van der Waals surface area (Å²) in [5, 5.41) is 0.449. The quantitative estimate of drug-likeness (QED) is 0.574. The number of esters is 1. The first-order valence-electron chi connectivity index (χ1n) is 7.41. The summed E-state index contributed by atoms with van der Waals surface area (Å²) in [4.78, 5) is 11.9. The molecule has 0 aromatic heterocycles. The van der Waals surface area contributed by atoms with Crippen molar-refractivity contribution in [2.45, 2.75) is 39.0 Å². The van der Waals surface area contributed by atoms with Crippen molar-refractivity contribution in [3.63, 3.8) is 0 Å². The van der Waals surface area contributed by atoms with E-state index in [1.807, 2.05) is 0 Å². The van der Waals surface area contributed by atoms with Gasteiger partial charge < -0.3 is 4.74 Å². The summed E-state index contributed by atoms with van der Waals surface area (Å²) in [5.41, 5.74) is 2.56. The second kappa shape index (κ2) is 6.97. The lowest BCUT2D eigenvalue weighted by Crippen LogP contribution is -2.11. The highest BCUT2D eigenvalue weighted by atomic mass is 35.5. The molecule has 2 aromatic rings. The third kappa shape index (κ3) is 4.60. The van der Waals surface area contributed by atoms with Gasteiger partial charge in [0.15, 0.2) is 0 Å². The molecule has 0 saturated carbocycles. The molecule has 0 saturated heterocycles. The molecule has 0 fully saturated rings. The number of benzene rings is 2. The van der Waals surface area contributed by atoms with Crippen molar-refractivity contribution in [2.24, 2.45) is 0 Å². The number of aryl methyl sites for hydroxylation is 1. The van der Waals surface area contributed by atoms with Crippen LogP contribution in [-0.4, -0.2) is 5.97 Å². The molecule has 0 amide bonds. The molecule has 0 atom stereocenters. The summed E-state index contributed by atoms with van der Waals surface area (Å²) in [6.45, 7) is 6.55. The molecule has 2 aromatic carbocycles. The Balaban J connectivity index is 1.90. The Hall–Kier alpha value is -1.80. The second-order valence-corrected chi connectivity index (χ2v) is 6.76. The molecule has 0 aliphatic carbocycles. The fourth-order valence-corrected chi connectivity index (χ4v) is 2.29. The maximum Gasteiger partial charge on any atom is 0.311 e. The number of rotatable bonds is 4. The van der Waals surface area contributed by atoms with Gasteiger partial charge in [0.25, 0.3) is 0 Å². The number of hydrogen-bond acceptors (Lipinski definition) is 2. The lowest BCUT2D eigenvalue weighted by atomic mass is 9.86. The van der Waals surface area contributed by atoms with Crippen molar-refractivity contribution in [1.29, 1.82) is 0 Å². The Bertz CT molecular complexity index is 639. The monoisotopic (exact) mass is 316 g/mol. The molecule has 22 heavy (non-hydrogen) atoms. The smallest absolute Gasteiger partial charge is 0.311 e. The Morgan fingerprint density at radius 3 is 2.27 bits per heavy atom. The molecule has 116 valence electrons. The average Bonchev–Trinajstić information content (AvgIpc) is 2.47. The first kappa shape index (κ1) is 16.6. The number of hydrogen-bond donors (Lipinski definition) is 0. The molecular formula is C19H21ClO2. The molecular weight excluding hydrogens is 296 g/mol. The zero-order valence-corrected chi connectivity index (χ0v) is 14.0. The Morgan fingerprint density at radius 1 is 1.05 bits per heavy atom. The molecule has 0 aliphatic heterocycles. The Morgan fingerprint density at radius 2 is 1.68 bits per heavy atom. The van der Waals surface area contributed by atoms with Crippen LogP contribution in [0.4, 0.5) is 0 Å². The minimum absolute atomic E-state index is 0.140. The molecule has 2 rings (SSSR count). The van der Waals surface area contributed by atoms with E-state index < -0.39 is 0 Å². The maximum absolute atomic E-state index is 11.9. The van der Waals surface area contributed by atoms with Crippen molar-refractivity contribution in [3.8, 4) is 5.75 Å². The van der Waals surface area contributed by atoms with Crippen LogP contribution in [0.15, 0.2) is 48.5 Å². The topological polar surface area (TPSA) is 26.3 Å². The van der Waals surface area contributed by atoms with Crippen LogP contribution >= 0.6 is 11.6 Å². The van der Waals surface area contributed by atoms with Gasteiger partial charge in [0.1, 0.15) is 5.75 Å². The van der Waals surface area contributed by atoms with E-state index in [1.165, 1.54) is 5.56 Å². The summed E-state index contributed by atoms with van der Waals surface area (Å²) < 4.78 is 5.27. The van der Waals surface area contributed by atoms with Gasteiger partial charge >= 0.3 is 5.97 Å². The third-order valence-corrected chi connectivity index (χ3v) is 3.81. The highest BCUT2D eigenvalue weighted by Gasteiger charge is 2.13. The van der Waals surface area contributed by atoms with Gasteiger partial charge in [-0.1, -0.05) is 68.8 Å². The van der Waals surface area contributed by atoms with Crippen LogP contribution in [0, 0.1) is 0 Å². The van der Waals surface area contributed by atoms with E-state index in [9.17, 15) is 4.79 Å². The van der Waals surface area contributed by atoms with Gasteiger partial charge in [0.05, 0.1) is 5.02 Å². The lowest BCUT2D eigenvalue weighted by Gasteiger charge is -2.19. The van der Waals surface area contributed by atoms with Crippen LogP contribution in [-0.2, 0) is 16.6 Å². The van der Waals surface area contributed by atoms with Crippen LogP contribution in [0.5, 0.6) is 5.75 Å². The zero-order chi connectivity index (χ0) is 16.2. The van der Waals surface area contributed by atoms with Gasteiger partial charge in [-0.15, -0.1) is 0 Å². The van der Waals surface area contributed by atoms with Crippen molar-refractivity contribution < 1.29 is 9.53 Å². The summed E-state index contributed by atoms with van der Waals surface area (Å²) in [5.74, 6) is 0.144. The molecule has 0 unspecified atom stereocenters. The molecule has 0 N–H and O–H groups in total. The first-order valence-corrected chi connectivity index (χ1v) is 7.79. The van der Waals surface area contributed by atoms with E-state index in [0.29, 0.717) is 23.6 Å². The van der Waals surface area contributed by atoms with Gasteiger partial charge in [-0.3, -0.25) is 4.79 Å². The maximum atomic E-state index is 11.9. The van der Waals surface area contributed by atoms with Crippen LogP contribution in [0.1, 0.15) is 38.3 Å². The van der Waals surface area contributed by atoms with Crippen molar-refractivity contribution in [2.75, 3.05) is 0 Å². The normalized spacial score (nSPS) is 11.3. The molecule has 0 radical (unpaired) electrons. The van der Waals surface area contributed by atoms with E-state index in [1.54, 1.807) is 24.3 Å². The van der Waals surface area contributed by atoms with Crippen LogP contribution in [0.25, 0.3) is 0 Å². The largest absolute Gasteiger partial charge is 0.425 e. The first-order chi connectivity index (χ1) is 10.4. The Kier molecular flexibility index (Phi) is 5.25. The summed E-state index contributed by atoms with van der Waals surface area (Å²) in [6, 6.07) is 15.4. The third-order valence-electron chi connectivity index (χ3n) is 3.50. The van der Waals surface area contributed by atoms with E-state index in [2.05, 4.69) is 45.0 Å². The fraction of sp³-hybridized carbons (Fsp3) is 0.316. The standard InChI is InChI=1S/C19H21ClO2/c1-19(2,3)15-11-8-14(9-12-15)10-13-18(21)22-17-7-5-4-6-16(17)20/h4-9,11-12H,10,13H2,1-3H3. The van der Waals surface area contributed by atoms with Gasteiger partial charge in [-0.05, 0) is 35.1 Å². The van der Waals surface area contributed by atoms with Crippen molar-refractivity contribution in [1.82, 2.24) is 0 Å². The molecule has 0 aliphatic rings. The Labute approximate surface area is 137 Å². The van der Waals surface area contributed by atoms with Crippen molar-refractivity contribution >= 4 is 17.6 Å². The minimum atomic E-state index is -0.270. The van der Waals surface area contributed by atoms with E-state index in [4.69, 9.17) is 16.3 Å². The van der Waals surface area contributed by atoms with Crippen LogP contribution < -0.4 is 4.74 Å². The predicted octanol–water partition coefficient (Wildman–Crippen LogP) is 5.18. The molecule has 0 bridgehead atoms. The molecule has 2 nitrogen and oxygen atoms in total. The van der Waals surface area contributed by atoms with Crippen LogP contribution in [0.3, 0.4) is 0 Å². The van der Waals surface area contributed by atoms with Crippen LogP contribution in [0.2, 0.25) is 5.02 Å². The number of carbonyl (C=O) groups is 1. The van der Waals surface area contributed by atoms with E-state index >= 15 is 0 Å². The average molecular weight is 317 g/mol. The second-order valence-electron chi connectivity index (χ2n) is 6.35. The fourth-order valence-electron chi connectivity index (χ4n) is 2.12.